The van der Waals surface area contributed by atoms with Crippen LogP contribution in [0.3, 0.4) is 0 Å². The second kappa shape index (κ2) is 12.4. The maximum Gasteiger partial charge on any atom is 0.165 e. The molecule has 0 atom stereocenters. The third kappa shape index (κ3) is 7.13. The molecule has 1 aliphatic heterocycles. The van der Waals surface area contributed by atoms with Gasteiger partial charge in [-0.05, 0) is 17.9 Å². The van der Waals surface area contributed by atoms with Gasteiger partial charge < -0.3 is 4.90 Å². The zero-order valence-corrected chi connectivity index (χ0v) is 18.1. The molecule has 0 radical (unpaired) electrons. The molecular formula is C21H28Cl2N2OS. The maximum atomic E-state index is 12.5. The maximum absolute atomic E-state index is 12.5. The molecule has 0 aromatic heterocycles. The fourth-order valence-electron chi connectivity index (χ4n) is 3.28. The van der Waals surface area contributed by atoms with Gasteiger partial charge in [0.2, 0.25) is 0 Å². The molecule has 6 heteroatoms. The standard InChI is InChI=1S/C21H26N2OS.2ClH/c1-25-21-10-6-5-9-19(21)20(24)11-12-22-13-15-23(16-14-22)17-18-7-3-2-4-8-18;;/h2-10H,11-17H2,1H3;2*1H. The molecule has 1 aliphatic rings. The van der Waals surface area contributed by atoms with Crippen molar-refractivity contribution in [2.75, 3.05) is 39.0 Å². The number of hydrogen-bond acceptors (Lipinski definition) is 4. The largest absolute Gasteiger partial charge is 0.300 e. The van der Waals surface area contributed by atoms with Crippen LogP contribution in [0.15, 0.2) is 59.5 Å². The first-order chi connectivity index (χ1) is 12.3. The number of carbonyl (C=O) groups excluding carboxylic acids is 1. The Labute approximate surface area is 179 Å². The minimum atomic E-state index is 0. The molecule has 148 valence electrons. The van der Waals surface area contributed by atoms with Crippen LogP contribution < -0.4 is 0 Å². The first kappa shape index (κ1) is 24.0. The van der Waals surface area contributed by atoms with E-state index in [0.717, 1.165) is 49.7 Å². The van der Waals surface area contributed by atoms with Crippen LogP contribution in [0.1, 0.15) is 22.3 Å². The Morgan fingerprint density at radius 3 is 2.15 bits per heavy atom. The summed E-state index contributed by atoms with van der Waals surface area (Å²) in [5, 5.41) is 0. The van der Waals surface area contributed by atoms with Crippen molar-refractivity contribution in [2.45, 2.75) is 17.9 Å². The number of hydrogen-bond donors (Lipinski definition) is 0. The third-order valence-electron chi connectivity index (χ3n) is 4.78. The lowest BCUT2D eigenvalue weighted by Gasteiger charge is -2.34. The number of piperazine rings is 1. The number of carbonyl (C=O) groups is 1. The van der Waals surface area contributed by atoms with Crippen molar-refractivity contribution in [2.24, 2.45) is 0 Å². The lowest BCUT2D eigenvalue weighted by Crippen LogP contribution is -2.46. The van der Waals surface area contributed by atoms with Crippen molar-refractivity contribution in [1.29, 1.82) is 0 Å². The van der Waals surface area contributed by atoms with Gasteiger partial charge in [0.1, 0.15) is 0 Å². The Bertz CT molecular complexity index is 692. The van der Waals surface area contributed by atoms with Gasteiger partial charge >= 0.3 is 0 Å². The third-order valence-corrected chi connectivity index (χ3v) is 5.57. The Morgan fingerprint density at radius 1 is 0.889 bits per heavy atom. The number of thioether (sulfide) groups is 1. The van der Waals surface area contributed by atoms with Crippen molar-refractivity contribution in [3.63, 3.8) is 0 Å². The van der Waals surface area contributed by atoms with Gasteiger partial charge in [-0.2, -0.15) is 0 Å². The molecule has 0 aliphatic carbocycles. The second-order valence-electron chi connectivity index (χ2n) is 6.48. The van der Waals surface area contributed by atoms with E-state index in [1.165, 1.54) is 5.56 Å². The smallest absolute Gasteiger partial charge is 0.165 e. The first-order valence-corrected chi connectivity index (χ1v) is 10.1. The molecule has 3 rings (SSSR count). The Hall–Kier alpha value is -1.04. The van der Waals surface area contributed by atoms with E-state index in [2.05, 4.69) is 40.1 Å². The van der Waals surface area contributed by atoms with Gasteiger partial charge in [-0.3, -0.25) is 9.69 Å². The number of Topliss-reactive ketones (excluding diaryl/α,β-unsaturated/α-hetero) is 1. The van der Waals surface area contributed by atoms with Gasteiger partial charge in [-0.15, -0.1) is 36.6 Å². The Balaban J connectivity index is 0.00000182. The number of nitrogens with zero attached hydrogens (tertiary/aromatic N) is 2. The number of ketones is 1. The highest BCUT2D eigenvalue weighted by atomic mass is 35.5. The SMILES string of the molecule is CSc1ccccc1C(=O)CCN1CCN(Cc2ccccc2)CC1.Cl.Cl. The zero-order chi connectivity index (χ0) is 17.5. The summed E-state index contributed by atoms with van der Waals surface area (Å²) in [5.41, 5.74) is 2.25. The van der Waals surface area contributed by atoms with Gasteiger partial charge in [-0.25, -0.2) is 0 Å². The number of benzene rings is 2. The van der Waals surface area contributed by atoms with E-state index >= 15 is 0 Å². The molecule has 3 nitrogen and oxygen atoms in total. The highest BCUT2D eigenvalue weighted by molar-refractivity contribution is 7.98. The average Bonchev–Trinajstić information content (AvgIpc) is 2.68. The van der Waals surface area contributed by atoms with Crippen molar-refractivity contribution in [3.8, 4) is 0 Å². The molecule has 0 unspecified atom stereocenters. The van der Waals surface area contributed by atoms with E-state index in [9.17, 15) is 4.79 Å². The van der Waals surface area contributed by atoms with Gasteiger partial charge in [0.15, 0.2) is 5.78 Å². The predicted molar refractivity (Wildman–Crippen MR) is 120 cm³/mol. The average molecular weight is 427 g/mol. The molecule has 27 heavy (non-hydrogen) atoms. The van der Waals surface area contributed by atoms with Crippen LogP contribution >= 0.6 is 36.6 Å². The summed E-state index contributed by atoms with van der Waals surface area (Å²) in [6.07, 6.45) is 2.63. The summed E-state index contributed by atoms with van der Waals surface area (Å²) in [7, 11) is 0. The van der Waals surface area contributed by atoms with Gasteiger partial charge in [-0.1, -0.05) is 48.5 Å². The molecule has 2 aromatic rings. The van der Waals surface area contributed by atoms with Crippen molar-refractivity contribution in [3.05, 3.63) is 65.7 Å². The second-order valence-corrected chi connectivity index (χ2v) is 7.32. The summed E-state index contributed by atoms with van der Waals surface area (Å²) in [6.45, 7) is 6.12. The van der Waals surface area contributed by atoms with Crippen LogP contribution in [0, 0.1) is 0 Å². The number of rotatable bonds is 7. The van der Waals surface area contributed by atoms with Crippen LogP contribution in [-0.2, 0) is 6.54 Å². The molecule has 2 aromatic carbocycles. The summed E-state index contributed by atoms with van der Waals surface area (Å²) in [5.74, 6) is 0.261. The quantitative estimate of drug-likeness (QED) is 0.474. The van der Waals surface area contributed by atoms with E-state index < -0.39 is 0 Å². The van der Waals surface area contributed by atoms with E-state index in [-0.39, 0.29) is 30.6 Å². The molecule has 0 saturated carbocycles. The highest BCUT2D eigenvalue weighted by Gasteiger charge is 2.18. The molecule has 0 bridgehead atoms. The van der Waals surface area contributed by atoms with E-state index in [0.29, 0.717) is 6.42 Å². The summed E-state index contributed by atoms with van der Waals surface area (Å²) < 4.78 is 0. The predicted octanol–water partition coefficient (Wildman–Crippen LogP) is 4.64. The zero-order valence-electron chi connectivity index (χ0n) is 15.7. The van der Waals surface area contributed by atoms with Crippen LogP contribution in [0.4, 0.5) is 0 Å². The lowest BCUT2D eigenvalue weighted by molar-refractivity contribution is 0.0920. The normalized spacial score (nSPS) is 14.9. The van der Waals surface area contributed by atoms with Crippen molar-refractivity contribution < 1.29 is 4.79 Å². The molecule has 1 heterocycles. The topological polar surface area (TPSA) is 23.6 Å². The van der Waals surface area contributed by atoms with Crippen molar-refractivity contribution in [1.82, 2.24) is 9.80 Å². The minimum absolute atomic E-state index is 0. The van der Waals surface area contributed by atoms with Crippen LogP contribution in [0.2, 0.25) is 0 Å². The molecular weight excluding hydrogens is 399 g/mol. The monoisotopic (exact) mass is 426 g/mol. The highest BCUT2D eigenvalue weighted by Crippen LogP contribution is 2.21. The number of halogens is 2. The molecule has 1 saturated heterocycles. The van der Waals surface area contributed by atoms with Gasteiger partial charge in [0.25, 0.3) is 0 Å². The molecule has 0 amide bonds. The molecule has 0 N–H and O–H groups in total. The Morgan fingerprint density at radius 2 is 1.48 bits per heavy atom. The van der Waals surface area contributed by atoms with E-state index in [1.807, 2.05) is 30.5 Å². The molecule has 0 spiro atoms. The van der Waals surface area contributed by atoms with Gasteiger partial charge in [0, 0.05) is 56.1 Å². The van der Waals surface area contributed by atoms with Crippen molar-refractivity contribution >= 4 is 42.4 Å². The van der Waals surface area contributed by atoms with Crippen LogP contribution in [0.5, 0.6) is 0 Å². The minimum Gasteiger partial charge on any atom is -0.300 e. The van der Waals surface area contributed by atoms with E-state index in [1.54, 1.807) is 11.8 Å². The van der Waals surface area contributed by atoms with E-state index in [4.69, 9.17) is 0 Å². The Kier molecular flexibility index (Phi) is 11.0. The summed E-state index contributed by atoms with van der Waals surface area (Å²) in [4.78, 5) is 18.5. The lowest BCUT2D eigenvalue weighted by atomic mass is 10.1. The summed E-state index contributed by atoms with van der Waals surface area (Å²) in [6, 6.07) is 18.6. The first-order valence-electron chi connectivity index (χ1n) is 8.91. The fraction of sp³-hybridized carbons (Fsp3) is 0.381. The van der Waals surface area contributed by atoms with Gasteiger partial charge in [0.05, 0.1) is 0 Å². The fourth-order valence-corrected chi connectivity index (χ4v) is 3.90. The van der Waals surface area contributed by atoms with Crippen LogP contribution in [0.25, 0.3) is 0 Å². The molecule has 1 fully saturated rings. The van der Waals surface area contributed by atoms with Crippen LogP contribution in [-0.4, -0.2) is 54.6 Å². The summed E-state index contributed by atoms with van der Waals surface area (Å²) >= 11 is 1.65.